The zero-order valence-corrected chi connectivity index (χ0v) is 12.6. The lowest BCUT2D eigenvalue weighted by atomic mass is 9.97. The number of ether oxygens (including phenoxy) is 1. The van der Waals surface area contributed by atoms with Crippen LogP contribution in [0, 0.1) is 11.8 Å². The second-order valence-corrected chi connectivity index (χ2v) is 5.85. The summed E-state index contributed by atoms with van der Waals surface area (Å²) in [5.74, 6) is 0.840. The van der Waals surface area contributed by atoms with Crippen molar-refractivity contribution in [2.45, 2.75) is 19.3 Å². The van der Waals surface area contributed by atoms with Gasteiger partial charge in [0, 0.05) is 5.69 Å². The van der Waals surface area contributed by atoms with E-state index in [0.717, 1.165) is 19.3 Å². The van der Waals surface area contributed by atoms with Crippen molar-refractivity contribution in [1.82, 2.24) is 0 Å². The highest BCUT2D eigenvalue weighted by atomic mass is 35.5. The minimum absolute atomic E-state index is 0.375. The van der Waals surface area contributed by atoms with Crippen LogP contribution in [0.3, 0.4) is 0 Å². The molecule has 3 N–H and O–H groups in total. The molecule has 4 nitrogen and oxygen atoms in total. The van der Waals surface area contributed by atoms with Gasteiger partial charge in [0.15, 0.2) is 0 Å². The molecule has 20 heavy (non-hydrogen) atoms. The lowest BCUT2D eigenvalue weighted by molar-refractivity contribution is 0.130. The standard InChI is InChI=1S/C14H18Cl2N2O2/c15-12-5-4-11(6-13(12)16)18-14(19)20-8-10-3-1-2-9(10)7-17/h4-6,9-10H,1-3,7-8,17H2,(H,18,19). The van der Waals surface area contributed by atoms with Gasteiger partial charge in [-0.2, -0.15) is 0 Å². The zero-order valence-electron chi connectivity index (χ0n) is 11.1. The fourth-order valence-corrected chi connectivity index (χ4v) is 2.85. The minimum Gasteiger partial charge on any atom is -0.449 e. The van der Waals surface area contributed by atoms with Crippen molar-refractivity contribution in [3.63, 3.8) is 0 Å². The Hall–Kier alpha value is -0.970. The number of hydrogen-bond donors (Lipinski definition) is 2. The van der Waals surface area contributed by atoms with Gasteiger partial charge in [0.2, 0.25) is 0 Å². The number of amides is 1. The SMILES string of the molecule is NCC1CCCC1COC(=O)Nc1ccc(Cl)c(Cl)c1. The summed E-state index contributed by atoms with van der Waals surface area (Å²) in [7, 11) is 0. The molecule has 0 aliphatic heterocycles. The van der Waals surface area contributed by atoms with Gasteiger partial charge in [-0.15, -0.1) is 0 Å². The maximum absolute atomic E-state index is 11.7. The molecule has 6 heteroatoms. The molecule has 0 aromatic heterocycles. The molecule has 2 unspecified atom stereocenters. The molecular formula is C14H18Cl2N2O2. The normalized spacial score (nSPS) is 21.8. The Morgan fingerprint density at radius 1 is 1.30 bits per heavy atom. The van der Waals surface area contributed by atoms with Crippen LogP contribution < -0.4 is 11.1 Å². The van der Waals surface area contributed by atoms with Gasteiger partial charge < -0.3 is 10.5 Å². The van der Waals surface area contributed by atoms with Gasteiger partial charge in [0.25, 0.3) is 0 Å². The summed E-state index contributed by atoms with van der Waals surface area (Å²) in [6, 6.07) is 4.89. The number of nitrogens with two attached hydrogens (primary N) is 1. The summed E-state index contributed by atoms with van der Waals surface area (Å²) in [5, 5.41) is 3.47. The van der Waals surface area contributed by atoms with Crippen molar-refractivity contribution >= 4 is 35.0 Å². The van der Waals surface area contributed by atoms with E-state index in [1.54, 1.807) is 18.2 Å². The molecule has 1 fully saturated rings. The molecule has 0 bridgehead atoms. The van der Waals surface area contributed by atoms with E-state index in [0.29, 0.717) is 40.7 Å². The van der Waals surface area contributed by atoms with E-state index in [1.807, 2.05) is 0 Å². The van der Waals surface area contributed by atoms with Gasteiger partial charge in [-0.05, 0) is 49.4 Å². The second-order valence-electron chi connectivity index (χ2n) is 5.04. The number of anilines is 1. The Balaban J connectivity index is 1.81. The summed E-state index contributed by atoms with van der Waals surface area (Å²) < 4.78 is 5.25. The van der Waals surface area contributed by atoms with E-state index in [1.165, 1.54) is 0 Å². The molecule has 1 aromatic rings. The van der Waals surface area contributed by atoms with Crippen LogP contribution >= 0.6 is 23.2 Å². The lowest BCUT2D eigenvalue weighted by Gasteiger charge is -2.17. The largest absolute Gasteiger partial charge is 0.449 e. The Labute approximate surface area is 128 Å². The van der Waals surface area contributed by atoms with E-state index in [-0.39, 0.29) is 0 Å². The van der Waals surface area contributed by atoms with Gasteiger partial charge in [-0.3, -0.25) is 5.32 Å². The third kappa shape index (κ3) is 4.01. The molecule has 0 spiro atoms. The number of halogens is 2. The molecule has 1 aliphatic carbocycles. The lowest BCUT2D eigenvalue weighted by Crippen LogP contribution is -2.25. The highest BCUT2D eigenvalue weighted by molar-refractivity contribution is 6.42. The Kier molecular flexibility index (Phi) is 5.52. The molecule has 1 aliphatic rings. The third-order valence-corrected chi connectivity index (χ3v) is 4.45. The van der Waals surface area contributed by atoms with Crippen LogP contribution in [0.25, 0.3) is 0 Å². The predicted molar refractivity (Wildman–Crippen MR) is 81.3 cm³/mol. The first kappa shape index (κ1) is 15.4. The van der Waals surface area contributed by atoms with Crippen molar-refractivity contribution in [2.75, 3.05) is 18.5 Å². The van der Waals surface area contributed by atoms with Crippen molar-refractivity contribution < 1.29 is 9.53 Å². The van der Waals surface area contributed by atoms with Gasteiger partial charge >= 0.3 is 6.09 Å². The van der Waals surface area contributed by atoms with Crippen molar-refractivity contribution in [3.05, 3.63) is 28.2 Å². The van der Waals surface area contributed by atoms with Crippen LogP contribution in [-0.2, 0) is 4.74 Å². The summed E-state index contributed by atoms with van der Waals surface area (Å²) in [4.78, 5) is 11.7. The van der Waals surface area contributed by atoms with Crippen LogP contribution in [0.15, 0.2) is 18.2 Å². The topological polar surface area (TPSA) is 64.3 Å². The molecular weight excluding hydrogens is 299 g/mol. The minimum atomic E-state index is -0.480. The molecule has 2 atom stereocenters. The summed E-state index contributed by atoms with van der Waals surface area (Å²) >= 11 is 11.7. The molecule has 0 radical (unpaired) electrons. The number of carbonyl (C=O) groups is 1. The van der Waals surface area contributed by atoms with Crippen LogP contribution in [0.5, 0.6) is 0 Å². The number of nitrogens with one attached hydrogen (secondary N) is 1. The third-order valence-electron chi connectivity index (χ3n) is 3.71. The van der Waals surface area contributed by atoms with Gasteiger partial charge in [-0.1, -0.05) is 29.6 Å². The number of carbonyl (C=O) groups excluding carboxylic acids is 1. The van der Waals surface area contributed by atoms with E-state index >= 15 is 0 Å². The average Bonchev–Trinajstić information content (AvgIpc) is 2.88. The van der Waals surface area contributed by atoms with E-state index < -0.39 is 6.09 Å². The maximum Gasteiger partial charge on any atom is 0.411 e. The Morgan fingerprint density at radius 2 is 2.05 bits per heavy atom. The van der Waals surface area contributed by atoms with Gasteiger partial charge in [0.1, 0.15) is 0 Å². The highest BCUT2D eigenvalue weighted by Gasteiger charge is 2.27. The van der Waals surface area contributed by atoms with Crippen molar-refractivity contribution in [1.29, 1.82) is 0 Å². The van der Waals surface area contributed by atoms with E-state index in [9.17, 15) is 4.79 Å². The Bertz CT molecular complexity index is 482. The monoisotopic (exact) mass is 316 g/mol. The van der Waals surface area contributed by atoms with E-state index in [4.69, 9.17) is 33.7 Å². The predicted octanol–water partition coefficient (Wildman–Crippen LogP) is 3.92. The molecule has 1 aromatic carbocycles. The first-order valence-corrected chi connectivity index (χ1v) is 7.44. The van der Waals surface area contributed by atoms with Crippen molar-refractivity contribution in [2.24, 2.45) is 17.6 Å². The highest BCUT2D eigenvalue weighted by Crippen LogP contribution is 2.31. The molecule has 110 valence electrons. The summed E-state index contributed by atoms with van der Waals surface area (Å²) in [5.41, 5.74) is 6.26. The number of rotatable bonds is 4. The van der Waals surface area contributed by atoms with E-state index in [2.05, 4.69) is 5.32 Å². The smallest absolute Gasteiger partial charge is 0.411 e. The second kappa shape index (κ2) is 7.16. The summed E-state index contributed by atoms with van der Waals surface area (Å²) in [6.07, 6.45) is 2.87. The molecule has 2 rings (SSSR count). The van der Waals surface area contributed by atoms with Gasteiger partial charge in [0.05, 0.1) is 16.7 Å². The van der Waals surface area contributed by atoms with Crippen LogP contribution in [0.2, 0.25) is 10.0 Å². The van der Waals surface area contributed by atoms with Crippen LogP contribution in [-0.4, -0.2) is 19.2 Å². The average molecular weight is 317 g/mol. The fourth-order valence-electron chi connectivity index (χ4n) is 2.55. The number of hydrogen-bond acceptors (Lipinski definition) is 3. The molecule has 0 saturated heterocycles. The molecule has 0 heterocycles. The molecule has 1 amide bonds. The first-order chi connectivity index (χ1) is 9.60. The number of benzene rings is 1. The maximum atomic E-state index is 11.7. The summed E-state index contributed by atoms with van der Waals surface area (Å²) in [6.45, 7) is 1.07. The fraction of sp³-hybridized carbons (Fsp3) is 0.500. The zero-order chi connectivity index (χ0) is 14.5. The Morgan fingerprint density at radius 3 is 2.75 bits per heavy atom. The van der Waals surface area contributed by atoms with Crippen LogP contribution in [0.4, 0.5) is 10.5 Å². The van der Waals surface area contributed by atoms with Gasteiger partial charge in [-0.25, -0.2) is 4.79 Å². The van der Waals surface area contributed by atoms with Crippen LogP contribution in [0.1, 0.15) is 19.3 Å². The van der Waals surface area contributed by atoms with Crippen molar-refractivity contribution in [3.8, 4) is 0 Å². The quantitative estimate of drug-likeness (QED) is 0.885. The molecule has 1 saturated carbocycles. The first-order valence-electron chi connectivity index (χ1n) is 6.69.